The zero-order valence-corrected chi connectivity index (χ0v) is 22.8. The predicted octanol–water partition coefficient (Wildman–Crippen LogP) is 4.91. The van der Waals surface area contributed by atoms with Crippen LogP contribution in [0.25, 0.3) is 0 Å². The number of carbonyl (C=O) groups is 2. The molecule has 7 nitrogen and oxygen atoms in total. The Morgan fingerprint density at radius 1 is 1.14 bits per heavy atom. The smallest absolute Gasteiger partial charge is 0.244 e. The van der Waals surface area contributed by atoms with Crippen LogP contribution < -0.4 is 10.2 Å². The van der Waals surface area contributed by atoms with Gasteiger partial charge in [-0.15, -0.1) is 0 Å². The minimum atomic E-state index is -3.86. The standard InChI is InChI=1S/C26H32BrN3O4S/c1-4-25(31)30-13-11-19-14-22(27)24(15-23(19)30)35(33,34)29-12-5-6-20(16-29)26(32)28-21-9-7-18(8-10-21)17(2)3/h7-10,14-15,17,20H,4-6,11-13,16H2,1-3H3,(H,28,32)/t20-/m0/s1. The zero-order chi connectivity index (χ0) is 25.3. The molecule has 35 heavy (non-hydrogen) atoms. The molecular weight excluding hydrogens is 530 g/mol. The number of fused-ring (bicyclic) bond motifs is 1. The van der Waals surface area contributed by atoms with Crippen molar-refractivity contribution in [3.63, 3.8) is 0 Å². The van der Waals surface area contributed by atoms with Crippen molar-refractivity contribution < 1.29 is 18.0 Å². The van der Waals surface area contributed by atoms with Crippen LogP contribution in [0, 0.1) is 5.92 Å². The van der Waals surface area contributed by atoms with Gasteiger partial charge >= 0.3 is 0 Å². The van der Waals surface area contributed by atoms with Crippen LogP contribution in [-0.4, -0.2) is 44.2 Å². The van der Waals surface area contributed by atoms with Crippen molar-refractivity contribution in [2.75, 3.05) is 29.9 Å². The normalized spacial score (nSPS) is 18.5. The Hall–Kier alpha value is -2.23. The summed E-state index contributed by atoms with van der Waals surface area (Å²) in [6, 6.07) is 11.2. The van der Waals surface area contributed by atoms with Crippen molar-refractivity contribution in [1.29, 1.82) is 0 Å². The maximum atomic E-state index is 13.6. The summed E-state index contributed by atoms with van der Waals surface area (Å²) in [4.78, 5) is 27.1. The van der Waals surface area contributed by atoms with Crippen LogP contribution >= 0.6 is 15.9 Å². The number of anilines is 2. The number of piperidine rings is 1. The quantitative estimate of drug-likeness (QED) is 0.542. The SMILES string of the molecule is CCC(=O)N1CCc2cc(Br)c(S(=O)(=O)N3CCC[C@H](C(=O)Nc4ccc(C(C)C)cc4)C3)cc21. The van der Waals surface area contributed by atoms with Gasteiger partial charge in [-0.2, -0.15) is 4.31 Å². The molecule has 0 unspecified atom stereocenters. The molecule has 0 radical (unpaired) electrons. The molecule has 2 aliphatic heterocycles. The largest absolute Gasteiger partial charge is 0.326 e. The molecule has 4 rings (SSSR count). The van der Waals surface area contributed by atoms with E-state index in [2.05, 4.69) is 35.1 Å². The number of nitrogens with one attached hydrogen (secondary N) is 1. The van der Waals surface area contributed by atoms with Gasteiger partial charge in [0.05, 0.1) is 10.8 Å². The van der Waals surface area contributed by atoms with Gasteiger partial charge in [0.15, 0.2) is 0 Å². The van der Waals surface area contributed by atoms with Crippen LogP contribution in [0.4, 0.5) is 11.4 Å². The lowest BCUT2D eigenvalue weighted by atomic mass is 9.98. The first-order chi connectivity index (χ1) is 16.6. The molecule has 1 fully saturated rings. The van der Waals surface area contributed by atoms with E-state index in [1.165, 1.54) is 9.87 Å². The maximum Gasteiger partial charge on any atom is 0.244 e. The zero-order valence-electron chi connectivity index (χ0n) is 20.4. The van der Waals surface area contributed by atoms with Crippen LogP contribution in [0.2, 0.25) is 0 Å². The summed E-state index contributed by atoms with van der Waals surface area (Å²) >= 11 is 3.44. The Labute approximate surface area is 216 Å². The Morgan fingerprint density at radius 3 is 2.51 bits per heavy atom. The summed E-state index contributed by atoms with van der Waals surface area (Å²) in [5.74, 6) is -0.224. The predicted molar refractivity (Wildman–Crippen MR) is 141 cm³/mol. The van der Waals surface area contributed by atoms with Gasteiger partial charge < -0.3 is 10.2 Å². The summed E-state index contributed by atoms with van der Waals surface area (Å²) in [7, 11) is -3.86. The highest BCUT2D eigenvalue weighted by Gasteiger charge is 2.36. The first-order valence-electron chi connectivity index (χ1n) is 12.2. The van der Waals surface area contributed by atoms with Crippen LogP contribution in [0.15, 0.2) is 45.8 Å². The minimum Gasteiger partial charge on any atom is -0.326 e. The fraction of sp³-hybridized carbons (Fsp3) is 0.462. The molecule has 2 aromatic rings. The van der Waals surface area contributed by atoms with Gasteiger partial charge in [0, 0.05) is 41.9 Å². The second kappa shape index (κ2) is 10.4. The van der Waals surface area contributed by atoms with Crippen molar-refractivity contribution in [3.8, 4) is 0 Å². The lowest BCUT2D eigenvalue weighted by Gasteiger charge is -2.31. The van der Waals surface area contributed by atoms with Gasteiger partial charge in [-0.3, -0.25) is 9.59 Å². The maximum absolute atomic E-state index is 13.6. The van der Waals surface area contributed by atoms with Crippen molar-refractivity contribution in [1.82, 2.24) is 4.31 Å². The first-order valence-corrected chi connectivity index (χ1v) is 14.4. The number of hydrogen-bond acceptors (Lipinski definition) is 4. The van der Waals surface area contributed by atoms with Crippen molar-refractivity contribution in [3.05, 3.63) is 52.0 Å². The molecule has 2 amide bonds. The lowest BCUT2D eigenvalue weighted by molar-refractivity contribution is -0.121. The second-order valence-electron chi connectivity index (χ2n) is 9.53. The van der Waals surface area contributed by atoms with E-state index in [1.807, 2.05) is 24.3 Å². The number of benzene rings is 2. The number of rotatable bonds is 6. The third-order valence-corrected chi connectivity index (χ3v) is 9.67. The summed E-state index contributed by atoms with van der Waals surface area (Å²) in [5.41, 5.74) is 3.52. The van der Waals surface area contributed by atoms with Crippen LogP contribution in [0.5, 0.6) is 0 Å². The number of nitrogens with zero attached hydrogens (tertiary/aromatic N) is 2. The van der Waals surface area contributed by atoms with Crippen LogP contribution in [0.3, 0.4) is 0 Å². The highest BCUT2D eigenvalue weighted by Crippen LogP contribution is 2.37. The fourth-order valence-electron chi connectivity index (χ4n) is 4.75. The fourth-order valence-corrected chi connectivity index (χ4v) is 7.34. The van der Waals surface area contributed by atoms with Gasteiger partial charge in [0.1, 0.15) is 0 Å². The molecule has 1 atom stereocenters. The molecular formula is C26H32BrN3O4S. The third kappa shape index (κ3) is 5.32. The minimum absolute atomic E-state index is 0.0226. The van der Waals surface area contributed by atoms with E-state index in [9.17, 15) is 18.0 Å². The van der Waals surface area contributed by atoms with Crippen molar-refractivity contribution in [2.24, 2.45) is 5.92 Å². The Bertz CT molecular complexity index is 1230. The molecule has 0 bridgehead atoms. The number of halogens is 1. The third-order valence-electron chi connectivity index (χ3n) is 6.85. The molecule has 2 aromatic carbocycles. The second-order valence-corrected chi connectivity index (χ2v) is 12.3. The Morgan fingerprint density at radius 2 is 1.86 bits per heavy atom. The molecule has 2 heterocycles. The highest BCUT2D eigenvalue weighted by atomic mass is 79.9. The number of hydrogen-bond donors (Lipinski definition) is 1. The van der Waals surface area contributed by atoms with E-state index in [4.69, 9.17) is 0 Å². The van der Waals surface area contributed by atoms with Gasteiger partial charge in [-0.05, 0) is 76.5 Å². The van der Waals surface area contributed by atoms with E-state index in [0.29, 0.717) is 60.5 Å². The molecule has 0 aliphatic carbocycles. The summed E-state index contributed by atoms with van der Waals surface area (Å²) < 4.78 is 29.2. The molecule has 0 saturated carbocycles. The summed E-state index contributed by atoms with van der Waals surface area (Å²) in [5, 5.41) is 2.95. The Kier molecular flexibility index (Phi) is 7.68. The van der Waals surface area contributed by atoms with Gasteiger partial charge in [0.25, 0.3) is 0 Å². The van der Waals surface area contributed by atoms with E-state index in [-0.39, 0.29) is 23.3 Å². The number of amides is 2. The average Bonchev–Trinajstić information content (AvgIpc) is 3.26. The molecule has 1 N–H and O–H groups in total. The summed E-state index contributed by atoms with van der Waals surface area (Å²) in [6.45, 7) is 7.07. The van der Waals surface area contributed by atoms with Gasteiger partial charge in [-0.1, -0.05) is 32.9 Å². The summed E-state index contributed by atoms with van der Waals surface area (Å²) in [6.07, 6.45) is 2.30. The molecule has 2 aliphatic rings. The van der Waals surface area contributed by atoms with Gasteiger partial charge in [0.2, 0.25) is 21.8 Å². The van der Waals surface area contributed by atoms with Crippen LogP contribution in [0.1, 0.15) is 57.1 Å². The van der Waals surface area contributed by atoms with E-state index in [0.717, 1.165) is 5.56 Å². The molecule has 1 saturated heterocycles. The monoisotopic (exact) mass is 561 g/mol. The first kappa shape index (κ1) is 25.9. The lowest BCUT2D eigenvalue weighted by Crippen LogP contribution is -2.43. The highest BCUT2D eigenvalue weighted by molar-refractivity contribution is 9.10. The van der Waals surface area contributed by atoms with Crippen molar-refractivity contribution in [2.45, 2.75) is 57.3 Å². The number of sulfonamides is 1. The van der Waals surface area contributed by atoms with Crippen molar-refractivity contribution >= 4 is 49.1 Å². The Balaban J connectivity index is 1.52. The molecule has 0 spiro atoms. The molecule has 0 aromatic heterocycles. The van der Waals surface area contributed by atoms with E-state index < -0.39 is 15.9 Å². The molecule has 9 heteroatoms. The van der Waals surface area contributed by atoms with Crippen LogP contribution in [-0.2, 0) is 26.0 Å². The molecule has 188 valence electrons. The van der Waals surface area contributed by atoms with Gasteiger partial charge in [-0.25, -0.2) is 8.42 Å². The van der Waals surface area contributed by atoms with E-state index >= 15 is 0 Å². The topological polar surface area (TPSA) is 86.8 Å². The average molecular weight is 563 g/mol. The van der Waals surface area contributed by atoms with E-state index in [1.54, 1.807) is 24.0 Å². The number of carbonyl (C=O) groups excluding carboxylic acids is 2.